The molecule has 0 bridgehead atoms. The van der Waals surface area contributed by atoms with E-state index < -0.39 is 0 Å². The van der Waals surface area contributed by atoms with E-state index in [1.54, 1.807) is 0 Å². The highest BCUT2D eigenvalue weighted by atomic mass is 35.5. The largest absolute Gasteiger partial charge is 0.379 e. The number of unbranched alkanes of at least 4 members (excludes halogenated alkanes) is 1. The van der Waals surface area contributed by atoms with Crippen LogP contribution in [0.2, 0.25) is 5.02 Å². The fourth-order valence-electron chi connectivity index (χ4n) is 2.58. The molecule has 0 saturated carbocycles. The molecule has 0 aromatic heterocycles. The lowest BCUT2D eigenvalue weighted by Gasteiger charge is -2.12. The predicted molar refractivity (Wildman–Crippen MR) is 81.0 cm³/mol. The monoisotopic (exact) mass is 281 g/mol. The summed E-state index contributed by atoms with van der Waals surface area (Å²) in [5.74, 6) is 0. The van der Waals surface area contributed by atoms with E-state index in [0.717, 1.165) is 37.4 Å². The van der Waals surface area contributed by atoms with E-state index in [1.165, 1.54) is 17.5 Å². The normalized spacial score (nSPS) is 18.0. The van der Waals surface area contributed by atoms with Crippen molar-refractivity contribution < 1.29 is 4.74 Å². The van der Waals surface area contributed by atoms with Gasteiger partial charge in [0.25, 0.3) is 0 Å². The van der Waals surface area contributed by atoms with Crippen LogP contribution in [0.3, 0.4) is 0 Å². The molecule has 2 nitrogen and oxygen atoms in total. The van der Waals surface area contributed by atoms with E-state index >= 15 is 0 Å². The van der Waals surface area contributed by atoms with Crippen molar-refractivity contribution in [2.75, 3.05) is 13.2 Å². The van der Waals surface area contributed by atoms with Gasteiger partial charge in [-0.3, -0.25) is 0 Å². The lowest BCUT2D eigenvalue weighted by atomic mass is 10.1. The zero-order valence-corrected chi connectivity index (χ0v) is 12.7. The number of halogens is 1. The van der Waals surface area contributed by atoms with Crippen LogP contribution >= 0.6 is 11.6 Å². The molecule has 1 aromatic rings. The molecule has 0 amide bonds. The summed E-state index contributed by atoms with van der Waals surface area (Å²) in [5, 5.41) is 4.49. The molecule has 19 heavy (non-hydrogen) atoms. The van der Waals surface area contributed by atoms with Gasteiger partial charge in [-0.25, -0.2) is 0 Å². The Morgan fingerprint density at radius 2 is 2.05 bits per heavy atom. The van der Waals surface area contributed by atoms with Crippen LogP contribution < -0.4 is 5.32 Å². The van der Waals surface area contributed by atoms with Crippen LogP contribution in [-0.2, 0) is 17.6 Å². The number of hydrogen-bond donors (Lipinski definition) is 1. The number of fused-ring (bicyclic) bond motifs is 1. The van der Waals surface area contributed by atoms with Crippen LogP contribution in [0.15, 0.2) is 18.2 Å². The zero-order chi connectivity index (χ0) is 13.7. The van der Waals surface area contributed by atoms with E-state index in [-0.39, 0.29) is 0 Å². The molecule has 0 saturated heterocycles. The van der Waals surface area contributed by atoms with E-state index in [1.807, 2.05) is 6.07 Å². The Morgan fingerprint density at radius 3 is 2.84 bits per heavy atom. The second-order valence-electron chi connectivity index (χ2n) is 5.60. The van der Waals surface area contributed by atoms with Crippen molar-refractivity contribution in [3.05, 3.63) is 34.3 Å². The van der Waals surface area contributed by atoms with Gasteiger partial charge in [0.2, 0.25) is 0 Å². The summed E-state index contributed by atoms with van der Waals surface area (Å²) in [5.41, 5.74) is 2.86. The van der Waals surface area contributed by atoms with Gasteiger partial charge in [0.1, 0.15) is 0 Å². The average molecular weight is 282 g/mol. The molecule has 1 N–H and O–H groups in total. The number of benzene rings is 1. The molecule has 1 atom stereocenters. The van der Waals surface area contributed by atoms with Crippen molar-refractivity contribution in [3.63, 3.8) is 0 Å². The van der Waals surface area contributed by atoms with Crippen molar-refractivity contribution in [2.24, 2.45) is 0 Å². The van der Waals surface area contributed by atoms with Crippen LogP contribution in [0, 0.1) is 0 Å². The maximum absolute atomic E-state index is 6.02. The van der Waals surface area contributed by atoms with Crippen molar-refractivity contribution in [2.45, 2.75) is 51.7 Å². The predicted octanol–water partition coefficient (Wildman–Crippen LogP) is 3.60. The average Bonchev–Trinajstić information content (AvgIpc) is 2.75. The molecule has 0 fully saturated rings. The second-order valence-corrected chi connectivity index (χ2v) is 6.04. The fraction of sp³-hybridized carbons (Fsp3) is 0.625. The van der Waals surface area contributed by atoms with Gasteiger partial charge in [-0.15, -0.1) is 0 Å². The summed E-state index contributed by atoms with van der Waals surface area (Å²) < 4.78 is 5.54. The highest BCUT2D eigenvalue weighted by molar-refractivity contribution is 6.30. The molecule has 0 radical (unpaired) electrons. The quantitative estimate of drug-likeness (QED) is 0.771. The minimum Gasteiger partial charge on any atom is -0.379 e. The van der Waals surface area contributed by atoms with Gasteiger partial charge in [-0.2, -0.15) is 0 Å². The molecule has 106 valence electrons. The Hall–Kier alpha value is -0.570. The van der Waals surface area contributed by atoms with Crippen molar-refractivity contribution in [1.82, 2.24) is 5.32 Å². The lowest BCUT2D eigenvalue weighted by Crippen LogP contribution is -2.30. The molecule has 0 spiro atoms. The van der Waals surface area contributed by atoms with Gasteiger partial charge in [0.05, 0.1) is 6.10 Å². The number of nitrogens with one attached hydrogen (secondary N) is 1. The van der Waals surface area contributed by atoms with Gasteiger partial charge in [-0.1, -0.05) is 17.7 Å². The summed E-state index contributed by atoms with van der Waals surface area (Å²) in [6.45, 7) is 6.12. The Kier molecular flexibility index (Phi) is 5.68. The number of rotatable bonds is 7. The first-order chi connectivity index (χ1) is 9.15. The minimum absolute atomic E-state index is 0.349. The third-order valence-electron chi connectivity index (χ3n) is 3.56. The molecule has 2 rings (SSSR count). The van der Waals surface area contributed by atoms with Crippen molar-refractivity contribution >= 4 is 11.6 Å². The van der Waals surface area contributed by atoms with E-state index in [2.05, 4.69) is 31.3 Å². The van der Waals surface area contributed by atoms with E-state index in [0.29, 0.717) is 12.1 Å². The summed E-state index contributed by atoms with van der Waals surface area (Å²) >= 11 is 6.02. The molecular formula is C16H24ClNO. The topological polar surface area (TPSA) is 21.3 Å². The SMILES string of the molecule is CC(C)OCCCCNC1Cc2ccc(Cl)cc2C1. The second kappa shape index (κ2) is 7.28. The first kappa shape index (κ1) is 14.8. The summed E-state index contributed by atoms with van der Waals surface area (Å²) in [6, 6.07) is 6.84. The van der Waals surface area contributed by atoms with Crippen LogP contribution in [0.5, 0.6) is 0 Å². The van der Waals surface area contributed by atoms with Crippen LogP contribution in [-0.4, -0.2) is 25.3 Å². The zero-order valence-electron chi connectivity index (χ0n) is 11.9. The van der Waals surface area contributed by atoms with Gasteiger partial charge in [0, 0.05) is 17.7 Å². The third kappa shape index (κ3) is 4.79. The lowest BCUT2D eigenvalue weighted by molar-refractivity contribution is 0.0759. The maximum Gasteiger partial charge on any atom is 0.0518 e. The molecule has 1 unspecified atom stereocenters. The van der Waals surface area contributed by atoms with Gasteiger partial charge in [0.15, 0.2) is 0 Å². The molecule has 0 heterocycles. The van der Waals surface area contributed by atoms with E-state index in [9.17, 15) is 0 Å². The Bertz CT molecular complexity index is 406. The van der Waals surface area contributed by atoms with Gasteiger partial charge < -0.3 is 10.1 Å². The smallest absolute Gasteiger partial charge is 0.0518 e. The number of hydrogen-bond acceptors (Lipinski definition) is 2. The highest BCUT2D eigenvalue weighted by Crippen LogP contribution is 2.25. The Balaban J connectivity index is 1.62. The molecule has 1 aromatic carbocycles. The van der Waals surface area contributed by atoms with E-state index in [4.69, 9.17) is 16.3 Å². The summed E-state index contributed by atoms with van der Waals surface area (Å²) in [6.07, 6.45) is 4.91. The molecule has 0 aliphatic heterocycles. The molecule has 1 aliphatic carbocycles. The standard InChI is InChI=1S/C16H24ClNO/c1-12(2)19-8-4-3-7-18-16-10-13-5-6-15(17)9-14(13)11-16/h5-6,9,12,16,18H,3-4,7-8,10-11H2,1-2H3. The number of ether oxygens (including phenoxy) is 1. The van der Waals surface area contributed by atoms with Gasteiger partial charge >= 0.3 is 0 Å². The molecule has 1 aliphatic rings. The van der Waals surface area contributed by atoms with Crippen molar-refractivity contribution in [1.29, 1.82) is 0 Å². The molecule has 3 heteroatoms. The fourth-order valence-corrected chi connectivity index (χ4v) is 2.78. The minimum atomic E-state index is 0.349. The molecular weight excluding hydrogens is 258 g/mol. The van der Waals surface area contributed by atoms with Gasteiger partial charge in [-0.05, 0) is 69.3 Å². The summed E-state index contributed by atoms with van der Waals surface area (Å²) in [4.78, 5) is 0. The van der Waals surface area contributed by atoms with Crippen LogP contribution in [0.1, 0.15) is 37.8 Å². The Morgan fingerprint density at radius 1 is 1.26 bits per heavy atom. The first-order valence-electron chi connectivity index (χ1n) is 7.27. The van der Waals surface area contributed by atoms with Crippen LogP contribution in [0.25, 0.3) is 0 Å². The first-order valence-corrected chi connectivity index (χ1v) is 7.65. The summed E-state index contributed by atoms with van der Waals surface area (Å²) in [7, 11) is 0. The maximum atomic E-state index is 6.02. The highest BCUT2D eigenvalue weighted by Gasteiger charge is 2.20. The van der Waals surface area contributed by atoms with Crippen LogP contribution in [0.4, 0.5) is 0 Å². The Labute approximate surface area is 121 Å². The van der Waals surface area contributed by atoms with Crippen molar-refractivity contribution in [3.8, 4) is 0 Å². The third-order valence-corrected chi connectivity index (χ3v) is 3.79.